The van der Waals surface area contributed by atoms with E-state index < -0.39 is 0 Å². The van der Waals surface area contributed by atoms with Gasteiger partial charge in [0.05, 0.1) is 17.3 Å². The van der Waals surface area contributed by atoms with Gasteiger partial charge < -0.3 is 0 Å². The van der Waals surface area contributed by atoms with E-state index in [1.54, 1.807) is 24.5 Å². The van der Waals surface area contributed by atoms with Gasteiger partial charge >= 0.3 is 0 Å². The van der Waals surface area contributed by atoms with Crippen LogP contribution in [0.4, 0.5) is 0 Å². The maximum Gasteiger partial charge on any atom is 0.160 e. The average molecular weight is 348 g/mol. The maximum absolute atomic E-state index is 8.96. The number of aryl methyl sites for hydroxylation is 1. The van der Waals surface area contributed by atoms with E-state index in [4.69, 9.17) is 10.2 Å². The van der Waals surface area contributed by atoms with Crippen molar-refractivity contribution in [2.45, 2.75) is 6.92 Å². The fourth-order valence-corrected chi connectivity index (χ4v) is 2.92. The van der Waals surface area contributed by atoms with Gasteiger partial charge in [-0.25, -0.2) is 9.97 Å². The normalized spacial score (nSPS) is 10.4. The molecule has 4 rings (SSSR count). The van der Waals surface area contributed by atoms with Gasteiger partial charge in [0.15, 0.2) is 5.82 Å². The van der Waals surface area contributed by atoms with Gasteiger partial charge in [-0.3, -0.25) is 4.98 Å². The third-order valence-corrected chi connectivity index (χ3v) is 4.32. The number of benzene rings is 2. The van der Waals surface area contributed by atoms with Crippen molar-refractivity contribution in [1.29, 1.82) is 5.26 Å². The highest BCUT2D eigenvalue weighted by Crippen LogP contribution is 2.25. The highest BCUT2D eigenvalue weighted by atomic mass is 14.9. The summed E-state index contributed by atoms with van der Waals surface area (Å²) in [6.07, 6.45) is 3.58. The summed E-state index contributed by atoms with van der Waals surface area (Å²) < 4.78 is 0. The van der Waals surface area contributed by atoms with Crippen molar-refractivity contribution >= 4 is 0 Å². The molecule has 2 aromatic carbocycles. The number of hydrogen-bond donors (Lipinski definition) is 0. The largest absolute Gasteiger partial charge is 0.265 e. The highest BCUT2D eigenvalue weighted by Gasteiger charge is 2.08. The first-order valence-electron chi connectivity index (χ1n) is 8.60. The van der Waals surface area contributed by atoms with E-state index in [9.17, 15) is 0 Å². The van der Waals surface area contributed by atoms with Crippen molar-refractivity contribution in [1.82, 2.24) is 15.0 Å². The Kier molecular flexibility index (Phi) is 4.42. The van der Waals surface area contributed by atoms with Gasteiger partial charge in [-0.2, -0.15) is 5.26 Å². The van der Waals surface area contributed by atoms with Crippen molar-refractivity contribution < 1.29 is 0 Å². The SMILES string of the molecule is Cc1cc(-c2ccc(C#N)cc2)nc(-c2ccc(-c3ccncc3)cc2)n1. The Balaban J connectivity index is 1.69. The van der Waals surface area contributed by atoms with Gasteiger partial charge in [0.2, 0.25) is 0 Å². The van der Waals surface area contributed by atoms with Crippen molar-refractivity contribution in [3.05, 3.63) is 90.4 Å². The van der Waals surface area contributed by atoms with Gasteiger partial charge in [-0.05, 0) is 48.4 Å². The molecule has 0 fully saturated rings. The van der Waals surface area contributed by atoms with Crippen molar-refractivity contribution in [3.63, 3.8) is 0 Å². The van der Waals surface area contributed by atoms with E-state index >= 15 is 0 Å². The lowest BCUT2D eigenvalue weighted by Crippen LogP contribution is -1.95. The molecule has 0 aliphatic carbocycles. The summed E-state index contributed by atoms with van der Waals surface area (Å²) in [5, 5.41) is 8.96. The van der Waals surface area contributed by atoms with Gasteiger partial charge in [0.25, 0.3) is 0 Å². The summed E-state index contributed by atoms with van der Waals surface area (Å²) in [6.45, 7) is 1.96. The van der Waals surface area contributed by atoms with Crippen LogP contribution in [0.15, 0.2) is 79.1 Å². The van der Waals surface area contributed by atoms with Crippen LogP contribution >= 0.6 is 0 Å². The Morgan fingerprint density at radius 3 is 1.96 bits per heavy atom. The van der Waals surface area contributed by atoms with E-state index in [2.05, 4.69) is 28.2 Å². The molecule has 4 nitrogen and oxygen atoms in total. The predicted octanol–water partition coefficient (Wildman–Crippen LogP) is 5.05. The predicted molar refractivity (Wildman–Crippen MR) is 106 cm³/mol. The zero-order chi connectivity index (χ0) is 18.6. The molecule has 4 heteroatoms. The molecule has 0 N–H and O–H groups in total. The standard InChI is InChI=1S/C23H16N4/c1-16-14-22(20-4-2-17(15-24)3-5-20)27-23(26-16)21-8-6-18(7-9-21)19-10-12-25-13-11-19/h2-14H,1H3. The van der Waals surface area contributed by atoms with Crippen LogP contribution in [0.5, 0.6) is 0 Å². The first kappa shape index (κ1) is 16.6. The molecule has 0 aliphatic heterocycles. The number of pyridine rings is 1. The number of nitrogens with zero attached hydrogens (tertiary/aromatic N) is 4. The molecule has 27 heavy (non-hydrogen) atoms. The Morgan fingerprint density at radius 1 is 0.704 bits per heavy atom. The van der Waals surface area contributed by atoms with Crippen LogP contribution in [0, 0.1) is 18.3 Å². The van der Waals surface area contributed by atoms with E-state index in [-0.39, 0.29) is 0 Å². The summed E-state index contributed by atoms with van der Waals surface area (Å²) >= 11 is 0. The van der Waals surface area contributed by atoms with Gasteiger partial charge in [0.1, 0.15) is 0 Å². The monoisotopic (exact) mass is 348 g/mol. The Labute approximate surface area is 157 Å². The molecule has 4 aromatic rings. The fraction of sp³-hybridized carbons (Fsp3) is 0.0435. The number of rotatable bonds is 3. The second-order valence-corrected chi connectivity index (χ2v) is 6.22. The first-order valence-corrected chi connectivity index (χ1v) is 8.60. The van der Waals surface area contributed by atoms with E-state index in [1.165, 1.54) is 0 Å². The number of hydrogen-bond acceptors (Lipinski definition) is 4. The number of aromatic nitrogens is 3. The van der Waals surface area contributed by atoms with Crippen LogP contribution in [0.3, 0.4) is 0 Å². The van der Waals surface area contributed by atoms with E-state index in [1.807, 2.05) is 49.4 Å². The van der Waals surface area contributed by atoms with Gasteiger partial charge in [-0.1, -0.05) is 36.4 Å². The molecule has 0 unspecified atom stereocenters. The lowest BCUT2D eigenvalue weighted by molar-refractivity contribution is 1.11. The van der Waals surface area contributed by atoms with Gasteiger partial charge in [-0.15, -0.1) is 0 Å². The molecule has 0 saturated carbocycles. The van der Waals surface area contributed by atoms with E-state index in [0.29, 0.717) is 11.4 Å². The molecule has 2 aromatic heterocycles. The molecule has 2 heterocycles. The summed E-state index contributed by atoms with van der Waals surface area (Å²) in [7, 11) is 0. The van der Waals surface area contributed by atoms with Crippen molar-refractivity contribution in [2.75, 3.05) is 0 Å². The minimum absolute atomic E-state index is 0.636. The molecular weight excluding hydrogens is 332 g/mol. The molecule has 0 atom stereocenters. The molecular formula is C23H16N4. The summed E-state index contributed by atoms with van der Waals surface area (Å²) in [4.78, 5) is 13.4. The van der Waals surface area contributed by atoms with Crippen LogP contribution < -0.4 is 0 Å². The lowest BCUT2D eigenvalue weighted by atomic mass is 10.0. The topological polar surface area (TPSA) is 62.5 Å². The molecule has 0 aliphatic rings. The smallest absolute Gasteiger partial charge is 0.160 e. The van der Waals surface area contributed by atoms with Crippen LogP contribution in [-0.2, 0) is 0 Å². The van der Waals surface area contributed by atoms with Crippen molar-refractivity contribution in [2.24, 2.45) is 0 Å². The van der Waals surface area contributed by atoms with E-state index in [0.717, 1.165) is 33.6 Å². The third kappa shape index (κ3) is 3.58. The Morgan fingerprint density at radius 2 is 1.30 bits per heavy atom. The highest BCUT2D eigenvalue weighted by molar-refractivity contribution is 5.69. The zero-order valence-corrected chi connectivity index (χ0v) is 14.8. The quantitative estimate of drug-likeness (QED) is 0.519. The zero-order valence-electron chi connectivity index (χ0n) is 14.8. The molecule has 0 saturated heterocycles. The molecule has 0 spiro atoms. The minimum atomic E-state index is 0.636. The Hall–Kier alpha value is -3.84. The summed E-state index contributed by atoms with van der Waals surface area (Å²) in [6, 6.07) is 23.7. The first-order chi connectivity index (χ1) is 13.2. The van der Waals surface area contributed by atoms with Gasteiger partial charge in [0, 0.05) is 29.2 Å². The fourth-order valence-electron chi connectivity index (χ4n) is 2.92. The molecule has 0 radical (unpaired) electrons. The average Bonchev–Trinajstić information content (AvgIpc) is 2.74. The second-order valence-electron chi connectivity index (χ2n) is 6.22. The third-order valence-electron chi connectivity index (χ3n) is 4.32. The summed E-state index contributed by atoms with van der Waals surface area (Å²) in [5.41, 5.74) is 6.57. The number of nitriles is 1. The molecule has 128 valence electrons. The van der Waals surface area contributed by atoms with Crippen LogP contribution in [0.1, 0.15) is 11.3 Å². The maximum atomic E-state index is 8.96. The molecule has 0 amide bonds. The second kappa shape index (κ2) is 7.19. The van der Waals surface area contributed by atoms with Crippen LogP contribution in [-0.4, -0.2) is 15.0 Å². The Bertz CT molecular complexity index is 1110. The lowest BCUT2D eigenvalue weighted by Gasteiger charge is -2.08. The van der Waals surface area contributed by atoms with Crippen molar-refractivity contribution in [3.8, 4) is 39.8 Å². The van der Waals surface area contributed by atoms with Crippen LogP contribution in [0.2, 0.25) is 0 Å². The van der Waals surface area contributed by atoms with Crippen LogP contribution in [0.25, 0.3) is 33.8 Å². The summed E-state index contributed by atoms with van der Waals surface area (Å²) in [5.74, 6) is 0.690. The molecule has 0 bridgehead atoms. The minimum Gasteiger partial charge on any atom is -0.265 e.